The quantitative estimate of drug-likeness (QED) is 0.398. The van der Waals surface area contributed by atoms with Gasteiger partial charge in [-0.25, -0.2) is 13.9 Å². The van der Waals surface area contributed by atoms with Crippen LogP contribution in [0, 0.1) is 0 Å². The molecule has 156 valence electrons. The Balaban J connectivity index is 1.76. The number of benzene rings is 2. The number of amides is 2. The fourth-order valence-electron chi connectivity index (χ4n) is 2.87. The van der Waals surface area contributed by atoms with Crippen LogP contribution < -0.4 is 10.8 Å². The number of carbonyl (C=O) groups is 2. The maximum atomic E-state index is 12.5. The van der Waals surface area contributed by atoms with Crippen LogP contribution in [-0.4, -0.2) is 31.7 Å². The summed E-state index contributed by atoms with van der Waals surface area (Å²) in [6, 6.07) is 16.9. The normalized spacial score (nSPS) is 12.2. The molecule has 0 aliphatic rings. The summed E-state index contributed by atoms with van der Waals surface area (Å²) in [4.78, 5) is 24.8. The van der Waals surface area contributed by atoms with E-state index in [1.165, 1.54) is 23.9 Å². The van der Waals surface area contributed by atoms with E-state index in [0.717, 1.165) is 28.0 Å². The number of sulfone groups is 1. The number of nitrogens with one attached hydrogen (secondary N) is 2. The van der Waals surface area contributed by atoms with Crippen LogP contribution in [0.5, 0.6) is 0 Å². The minimum atomic E-state index is -3.25. The highest BCUT2D eigenvalue weighted by Gasteiger charge is 2.16. The Morgan fingerprint density at radius 3 is 2.17 bits per heavy atom. The number of thiophene rings is 1. The number of carbonyl (C=O) groups excluding carboxylic acids is 2. The van der Waals surface area contributed by atoms with Crippen LogP contribution in [0.1, 0.15) is 37.9 Å². The Morgan fingerprint density at radius 1 is 0.933 bits per heavy atom. The smallest absolute Gasteiger partial charge is 0.284 e. The molecule has 3 rings (SSSR count). The molecule has 0 bridgehead atoms. The Morgan fingerprint density at radius 2 is 1.57 bits per heavy atom. The second kappa shape index (κ2) is 8.78. The van der Waals surface area contributed by atoms with E-state index in [-0.39, 0.29) is 21.7 Å². The number of rotatable bonds is 6. The maximum absolute atomic E-state index is 12.5. The van der Waals surface area contributed by atoms with Crippen molar-refractivity contribution in [1.29, 1.82) is 0 Å². The van der Waals surface area contributed by atoms with Gasteiger partial charge in [0.25, 0.3) is 11.8 Å². The zero-order valence-corrected chi connectivity index (χ0v) is 17.9. The third-order valence-electron chi connectivity index (χ3n) is 4.51. The number of hydrogen-bond acceptors (Lipinski definition) is 6. The lowest BCUT2D eigenvalue weighted by molar-refractivity contribution is 0.0711. The third kappa shape index (κ3) is 4.93. The molecular weight excluding hydrogens is 424 g/mol. The maximum Gasteiger partial charge on any atom is 0.284 e. The minimum Gasteiger partial charge on any atom is -0.345 e. The van der Waals surface area contributed by atoms with Crippen LogP contribution in [0.3, 0.4) is 0 Å². The molecule has 2 amide bonds. The van der Waals surface area contributed by atoms with Crippen molar-refractivity contribution in [1.82, 2.24) is 10.8 Å². The van der Waals surface area contributed by atoms with Gasteiger partial charge < -0.3 is 5.32 Å². The molecule has 0 spiro atoms. The van der Waals surface area contributed by atoms with Gasteiger partial charge in [-0.15, -0.1) is 11.3 Å². The molecule has 0 fully saturated rings. The molecule has 0 saturated heterocycles. The van der Waals surface area contributed by atoms with Crippen LogP contribution in [0.15, 0.2) is 65.6 Å². The van der Waals surface area contributed by atoms with Gasteiger partial charge in [-0.3, -0.25) is 14.8 Å². The molecule has 1 heterocycles. The Labute approximate surface area is 178 Å². The van der Waals surface area contributed by atoms with Crippen molar-refractivity contribution in [3.8, 4) is 11.1 Å². The van der Waals surface area contributed by atoms with Gasteiger partial charge in [0.2, 0.25) is 0 Å². The second-order valence-electron chi connectivity index (χ2n) is 6.72. The van der Waals surface area contributed by atoms with E-state index in [9.17, 15) is 18.0 Å². The highest BCUT2D eigenvalue weighted by molar-refractivity contribution is 7.90. The van der Waals surface area contributed by atoms with Gasteiger partial charge in [0.05, 0.1) is 20.7 Å². The molecule has 3 N–H and O–H groups in total. The van der Waals surface area contributed by atoms with E-state index >= 15 is 0 Å². The first kappa shape index (κ1) is 21.7. The lowest BCUT2D eigenvalue weighted by Gasteiger charge is -2.15. The fourth-order valence-corrected chi connectivity index (χ4v) is 4.30. The summed E-state index contributed by atoms with van der Waals surface area (Å²) < 4.78 is 23.3. The van der Waals surface area contributed by atoms with E-state index < -0.39 is 15.7 Å². The Bertz CT molecular complexity index is 1180. The molecular formula is C21H20N2O5S2. The van der Waals surface area contributed by atoms with Crippen molar-refractivity contribution in [2.24, 2.45) is 0 Å². The van der Waals surface area contributed by atoms with E-state index in [2.05, 4.69) is 5.32 Å². The summed E-state index contributed by atoms with van der Waals surface area (Å²) >= 11 is 0.981. The van der Waals surface area contributed by atoms with Crippen LogP contribution in [0.25, 0.3) is 11.1 Å². The molecule has 0 aliphatic heterocycles. The first-order valence-corrected chi connectivity index (χ1v) is 11.7. The summed E-state index contributed by atoms with van der Waals surface area (Å²) in [7, 11) is -3.25. The molecule has 3 aromatic rings. The van der Waals surface area contributed by atoms with Gasteiger partial charge in [0.1, 0.15) is 0 Å². The molecule has 1 aromatic heterocycles. The monoisotopic (exact) mass is 444 g/mol. The third-order valence-corrected chi connectivity index (χ3v) is 6.72. The van der Waals surface area contributed by atoms with Crippen molar-refractivity contribution < 1.29 is 23.2 Å². The van der Waals surface area contributed by atoms with Crippen molar-refractivity contribution in [2.75, 3.05) is 6.26 Å². The lowest BCUT2D eigenvalue weighted by atomic mass is 10.00. The molecule has 7 nitrogen and oxygen atoms in total. The van der Waals surface area contributed by atoms with Crippen molar-refractivity contribution in [3.05, 3.63) is 76.0 Å². The molecule has 9 heteroatoms. The van der Waals surface area contributed by atoms with Crippen LogP contribution in [-0.2, 0) is 9.84 Å². The van der Waals surface area contributed by atoms with Crippen LogP contribution in [0.2, 0.25) is 0 Å². The van der Waals surface area contributed by atoms with Crippen LogP contribution in [0.4, 0.5) is 0 Å². The summed E-state index contributed by atoms with van der Waals surface area (Å²) in [6.45, 7) is 1.85. The average Bonchev–Trinajstić information content (AvgIpc) is 3.23. The number of hydroxylamine groups is 1. The summed E-state index contributed by atoms with van der Waals surface area (Å²) in [5.41, 5.74) is 4.17. The highest BCUT2D eigenvalue weighted by Crippen LogP contribution is 2.25. The SMILES string of the molecule is CC(NC(=O)c1ccc(C(=O)NO)s1)c1cccc(-c2ccc(S(C)(=O)=O)cc2)c1. The van der Waals surface area contributed by atoms with Crippen molar-refractivity contribution in [2.45, 2.75) is 17.9 Å². The zero-order valence-electron chi connectivity index (χ0n) is 16.2. The van der Waals surface area contributed by atoms with Gasteiger partial charge in [-0.05, 0) is 53.9 Å². The molecule has 1 atom stereocenters. The predicted octanol–water partition coefficient (Wildman–Crippen LogP) is 3.43. The predicted molar refractivity (Wildman–Crippen MR) is 114 cm³/mol. The first-order chi connectivity index (χ1) is 14.2. The first-order valence-electron chi connectivity index (χ1n) is 8.94. The van der Waals surface area contributed by atoms with Gasteiger partial charge in [0, 0.05) is 6.26 Å². The standard InChI is InChI=1S/C21H20N2O5S2/c1-13(22-20(24)18-10-11-19(29-18)21(25)23-26)15-4-3-5-16(12-15)14-6-8-17(9-7-14)30(2,27)28/h3-13,26H,1-2H3,(H,22,24)(H,23,25). The second-order valence-corrected chi connectivity index (χ2v) is 9.82. The molecule has 0 radical (unpaired) electrons. The minimum absolute atomic E-state index is 0.231. The molecule has 0 aliphatic carbocycles. The van der Waals surface area contributed by atoms with Crippen molar-refractivity contribution >= 4 is 33.0 Å². The molecule has 1 unspecified atom stereocenters. The van der Waals surface area contributed by atoms with Crippen molar-refractivity contribution in [3.63, 3.8) is 0 Å². The van der Waals surface area contributed by atoms with Gasteiger partial charge in [0.15, 0.2) is 9.84 Å². The van der Waals surface area contributed by atoms with E-state index in [4.69, 9.17) is 5.21 Å². The lowest BCUT2D eigenvalue weighted by Crippen LogP contribution is -2.25. The molecule has 30 heavy (non-hydrogen) atoms. The van der Waals surface area contributed by atoms with Gasteiger partial charge in [-0.1, -0.05) is 30.3 Å². The van der Waals surface area contributed by atoms with Gasteiger partial charge >= 0.3 is 0 Å². The summed E-state index contributed by atoms with van der Waals surface area (Å²) in [5.74, 6) is -0.992. The summed E-state index contributed by atoms with van der Waals surface area (Å²) in [6.07, 6.45) is 1.17. The van der Waals surface area contributed by atoms with E-state index in [0.29, 0.717) is 4.88 Å². The topological polar surface area (TPSA) is 113 Å². The number of hydrogen-bond donors (Lipinski definition) is 3. The molecule has 0 saturated carbocycles. The average molecular weight is 445 g/mol. The largest absolute Gasteiger partial charge is 0.345 e. The van der Waals surface area contributed by atoms with Gasteiger partial charge in [-0.2, -0.15) is 0 Å². The highest BCUT2D eigenvalue weighted by atomic mass is 32.2. The van der Waals surface area contributed by atoms with E-state index in [1.807, 2.05) is 31.2 Å². The Kier molecular flexibility index (Phi) is 6.35. The Hall–Kier alpha value is -3.01. The van der Waals surface area contributed by atoms with Crippen LogP contribution >= 0.6 is 11.3 Å². The molecule has 2 aromatic carbocycles. The summed E-state index contributed by atoms with van der Waals surface area (Å²) in [5, 5.41) is 11.6. The fraction of sp³-hybridized carbons (Fsp3) is 0.143. The van der Waals surface area contributed by atoms with E-state index in [1.54, 1.807) is 24.3 Å². The zero-order chi connectivity index (χ0) is 21.9.